The Kier molecular flexibility index (Phi) is 3.42. The summed E-state index contributed by atoms with van der Waals surface area (Å²) >= 11 is 0. The molecule has 1 fully saturated rings. The third kappa shape index (κ3) is 2.71. The minimum absolute atomic E-state index is 0.0971. The fourth-order valence-electron chi connectivity index (χ4n) is 2.04. The van der Waals surface area contributed by atoms with Crippen molar-refractivity contribution in [1.29, 1.82) is 5.26 Å². The lowest BCUT2D eigenvalue weighted by Gasteiger charge is -2.38. The van der Waals surface area contributed by atoms with E-state index in [1.165, 1.54) is 18.6 Å². The summed E-state index contributed by atoms with van der Waals surface area (Å²) in [4.78, 5) is 0.157. The van der Waals surface area contributed by atoms with Crippen LogP contribution in [0.15, 0.2) is 29.2 Å². The predicted molar refractivity (Wildman–Crippen MR) is 68.3 cm³/mol. The summed E-state index contributed by atoms with van der Waals surface area (Å²) in [7, 11) is -3.50. The fraction of sp³-hybridized carbons (Fsp3) is 0.462. The van der Waals surface area contributed by atoms with E-state index in [2.05, 4.69) is 11.6 Å². The second-order valence-electron chi connectivity index (χ2n) is 5.13. The van der Waals surface area contributed by atoms with Crippen LogP contribution >= 0.6 is 0 Å². The molecule has 1 aromatic carbocycles. The minimum Gasteiger partial charge on any atom is -0.211 e. The largest absolute Gasteiger partial charge is 0.240 e. The van der Waals surface area contributed by atoms with Crippen LogP contribution in [0.3, 0.4) is 0 Å². The van der Waals surface area contributed by atoms with Crippen LogP contribution in [0.4, 0.5) is 0 Å². The van der Waals surface area contributed by atoms with Gasteiger partial charge in [0.15, 0.2) is 0 Å². The van der Waals surface area contributed by atoms with Crippen molar-refractivity contribution in [2.45, 2.75) is 31.1 Å². The first-order valence-electron chi connectivity index (χ1n) is 5.95. The third-order valence-corrected chi connectivity index (χ3v) is 4.92. The Balaban J connectivity index is 2.12. The molecule has 1 aromatic rings. The van der Waals surface area contributed by atoms with Crippen molar-refractivity contribution >= 4 is 10.0 Å². The van der Waals surface area contributed by atoms with Gasteiger partial charge in [-0.2, -0.15) is 5.26 Å². The van der Waals surface area contributed by atoms with Crippen LogP contribution in [0.1, 0.15) is 31.7 Å². The Labute approximate surface area is 108 Å². The Hall–Kier alpha value is -1.38. The zero-order valence-corrected chi connectivity index (χ0v) is 11.1. The lowest BCUT2D eigenvalue weighted by atomic mass is 9.71. The van der Waals surface area contributed by atoms with Gasteiger partial charge in [0.25, 0.3) is 0 Å². The van der Waals surface area contributed by atoms with Crippen molar-refractivity contribution in [2.24, 2.45) is 5.41 Å². The second kappa shape index (κ2) is 4.71. The molecule has 0 spiro atoms. The number of sulfonamides is 1. The van der Waals surface area contributed by atoms with Gasteiger partial charge < -0.3 is 0 Å². The molecule has 5 heteroatoms. The zero-order chi connectivity index (χ0) is 13.2. The van der Waals surface area contributed by atoms with E-state index in [-0.39, 0.29) is 10.3 Å². The van der Waals surface area contributed by atoms with Gasteiger partial charge in [0.1, 0.15) is 0 Å². The molecule has 0 atom stereocenters. The highest BCUT2D eigenvalue weighted by Crippen LogP contribution is 2.39. The van der Waals surface area contributed by atoms with Crippen LogP contribution in [-0.4, -0.2) is 15.0 Å². The smallest absolute Gasteiger partial charge is 0.211 e. The summed E-state index contributed by atoms with van der Waals surface area (Å²) in [6, 6.07) is 8.01. The Morgan fingerprint density at radius 3 is 2.72 bits per heavy atom. The van der Waals surface area contributed by atoms with Gasteiger partial charge in [-0.3, -0.25) is 0 Å². The summed E-state index contributed by atoms with van der Waals surface area (Å²) in [6.07, 6.45) is 3.30. The highest BCUT2D eigenvalue weighted by Gasteiger charge is 2.33. The van der Waals surface area contributed by atoms with Crippen LogP contribution in [0.25, 0.3) is 0 Å². The van der Waals surface area contributed by atoms with Gasteiger partial charge in [0.2, 0.25) is 10.0 Å². The van der Waals surface area contributed by atoms with Crippen molar-refractivity contribution in [3.8, 4) is 6.07 Å². The van der Waals surface area contributed by atoms with E-state index in [0.717, 1.165) is 12.8 Å². The lowest BCUT2D eigenvalue weighted by Crippen LogP contribution is -2.39. The highest BCUT2D eigenvalue weighted by molar-refractivity contribution is 7.89. The van der Waals surface area contributed by atoms with Crippen LogP contribution in [-0.2, 0) is 10.0 Å². The summed E-state index contributed by atoms with van der Waals surface area (Å²) in [5.41, 5.74) is 0.452. The van der Waals surface area contributed by atoms with Crippen molar-refractivity contribution in [3.05, 3.63) is 29.8 Å². The van der Waals surface area contributed by atoms with Gasteiger partial charge in [-0.25, -0.2) is 13.1 Å². The molecular weight excluding hydrogens is 248 g/mol. The van der Waals surface area contributed by atoms with Gasteiger partial charge in [-0.1, -0.05) is 19.4 Å². The first-order chi connectivity index (χ1) is 8.45. The van der Waals surface area contributed by atoms with Crippen molar-refractivity contribution < 1.29 is 8.42 Å². The zero-order valence-electron chi connectivity index (χ0n) is 10.3. The monoisotopic (exact) mass is 264 g/mol. The van der Waals surface area contributed by atoms with E-state index in [4.69, 9.17) is 5.26 Å². The standard InChI is InChI=1S/C13H16N2O2S/c1-13(6-3-7-13)10-15-18(16,17)12-5-2-4-11(8-12)9-14/h2,4-5,8,15H,3,6-7,10H2,1H3. The van der Waals surface area contributed by atoms with Crippen LogP contribution < -0.4 is 4.72 Å². The van der Waals surface area contributed by atoms with Gasteiger partial charge in [0, 0.05) is 6.54 Å². The normalized spacial score (nSPS) is 17.8. The average Bonchev–Trinajstić information content (AvgIpc) is 2.34. The van der Waals surface area contributed by atoms with Gasteiger partial charge in [-0.05, 0) is 36.5 Å². The number of nitrogens with zero attached hydrogens (tertiary/aromatic N) is 1. The number of nitrogens with one attached hydrogen (secondary N) is 1. The van der Waals surface area contributed by atoms with Gasteiger partial charge >= 0.3 is 0 Å². The van der Waals surface area contributed by atoms with E-state index in [1.54, 1.807) is 12.1 Å². The molecule has 2 rings (SSSR count). The number of nitriles is 1. The maximum atomic E-state index is 12.1. The Morgan fingerprint density at radius 1 is 1.44 bits per heavy atom. The second-order valence-corrected chi connectivity index (χ2v) is 6.90. The number of benzene rings is 1. The van der Waals surface area contributed by atoms with E-state index in [1.807, 2.05) is 6.07 Å². The highest BCUT2D eigenvalue weighted by atomic mass is 32.2. The Bertz CT molecular complexity index is 583. The van der Waals surface area contributed by atoms with E-state index < -0.39 is 10.0 Å². The topological polar surface area (TPSA) is 70.0 Å². The van der Waals surface area contributed by atoms with Crippen molar-refractivity contribution in [1.82, 2.24) is 4.72 Å². The van der Waals surface area contributed by atoms with Gasteiger partial charge in [-0.15, -0.1) is 0 Å². The van der Waals surface area contributed by atoms with E-state index in [9.17, 15) is 8.42 Å². The van der Waals surface area contributed by atoms with Crippen molar-refractivity contribution in [2.75, 3.05) is 6.54 Å². The third-order valence-electron chi connectivity index (χ3n) is 3.52. The molecule has 0 aliphatic heterocycles. The summed E-state index contributed by atoms with van der Waals surface area (Å²) in [5.74, 6) is 0. The molecule has 96 valence electrons. The Morgan fingerprint density at radius 2 is 2.17 bits per heavy atom. The fourth-order valence-corrected chi connectivity index (χ4v) is 3.29. The first-order valence-corrected chi connectivity index (χ1v) is 7.43. The van der Waals surface area contributed by atoms with Crippen LogP contribution in [0, 0.1) is 16.7 Å². The molecule has 1 aliphatic rings. The molecule has 0 unspecified atom stereocenters. The molecule has 0 radical (unpaired) electrons. The molecule has 0 bridgehead atoms. The molecule has 1 aliphatic carbocycles. The van der Waals surface area contributed by atoms with Crippen molar-refractivity contribution in [3.63, 3.8) is 0 Å². The predicted octanol–water partition coefficient (Wildman–Crippen LogP) is 2.03. The number of hydrogen-bond acceptors (Lipinski definition) is 3. The first kappa shape index (κ1) is 13.1. The molecule has 1 N–H and O–H groups in total. The average molecular weight is 264 g/mol. The molecule has 1 saturated carbocycles. The molecular formula is C13H16N2O2S. The molecule has 0 amide bonds. The molecule has 4 nitrogen and oxygen atoms in total. The maximum absolute atomic E-state index is 12.1. The van der Waals surface area contributed by atoms with Crippen LogP contribution in [0.5, 0.6) is 0 Å². The number of hydrogen-bond donors (Lipinski definition) is 1. The molecule has 0 aromatic heterocycles. The maximum Gasteiger partial charge on any atom is 0.240 e. The summed E-state index contributed by atoms with van der Waals surface area (Å²) in [5, 5.41) is 8.77. The van der Waals surface area contributed by atoms with E-state index >= 15 is 0 Å². The lowest BCUT2D eigenvalue weighted by molar-refractivity contribution is 0.166. The molecule has 0 heterocycles. The van der Waals surface area contributed by atoms with Crippen LogP contribution in [0.2, 0.25) is 0 Å². The SMILES string of the molecule is CC1(CNS(=O)(=O)c2cccc(C#N)c2)CCC1. The minimum atomic E-state index is -3.50. The summed E-state index contributed by atoms with van der Waals surface area (Å²) < 4.78 is 26.8. The summed E-state index contributed by atoms with van der Waals surface area (Å²) in [6.45, 7) is 2.55. The van der Waals surface area contributed by atoms with E-state index in [0.29, 0.717) is 12.1 Å². The quantitative estimate of drug-likeness (QED) is 0.904. The number of rotatable bonds is 4. The van der Waals surface area contributed by atoms with Gasteiger partial charge in [0.05, 0.1) is 16.5 Å². The molecule has 18 heavy (non-hydrogen) atoms. The molecule has 0 saturated heterocycles.